The zero-order chi connectivity index (χ0) is 5.91. The zero-order valence-corrected chi connectivity index (χ0v) is 6.02. The van der Waals surface area contributed by atoms with Crippen LogP contribution in [-0.2, 0) is 14.2 Å². The third-order valence-electron chi connectivity index (χ3n) is 0.165. The van der Waals surface area contributed by atoms with Gasteiger partial charge in [-0.1, -0.05) is 0 Å². The Morgan fingerprint density at radius 3 is 2.00 bits per heavy atom. The van der Waals surface area contributed by atoms with Gasteiger partial charge in [-0.15, -0.1) is 4.49 Å². The van der Waals surface area contributed by atoms with Crippen molar-refractivity contribution in [1.82, 2.24) is 4.49 Å². The topological polar surface area (TPSA) is 63.2 Å². The van der Waals surface area contributed by atoms with Crippen LogP contribution in [0, 0.1) is 0 Å². The maximum Gasteiger partial charge on any atom is 0.261 e. The Labute approximate surface area is 44.9 Å². The van der Waals surface area contributed by atoms with E-state index in [1.165, 1.54) is 8.44 Å². The summed E-state index contributed by atoms with van der Waals surface area (Å²) >= 11 is 0. The molecule has 0 saturated carbocycles. The van der Waals surface area contributed by atoms with Crippen molar-refractivity contribution in [3.63, 3.8) is 0 Å². The molecule has 0 aromatic carbocycles. The molecule has 1 N–H and O–H groups in total. The molecule has 1 atom stereocenters. The number of rotatable bonds is 2. The van der Waals surface area contributed by atoms with Crippen LogP contribution >= 0.6 is 17.1 Å². The van der Waals surface area contributed by atoms with Gasteiger partial charge < -0.3 is 0 Å². The van der Waals surface area contributed by atoms with E-state index < -0.39 is 18.3 Å². The van der Waals surface area contributed by atoms with Crippen molar-refractivity contribution in [3.05, 3.63) is 0 Å². The monoisotopic (exact) mass is 159 g/mol. The Morgan fingerprint density at radius 2 is 2.00 bits per heavy atom. The van der Waals surface area contributed by atoms with Gasteiger partial charge in [0.05, 0.1) is 0 Å². The third kappa shape index (κ3) is 6.44. The second-order valence-corrected chi connectivity index (χ2v) is 4.59. The fourth-order valence-corrected chi connectivity index (χ4v) is 0.855. The van der Waals surface area contributed by atoms with Gasteiger partial charge in [-0.05, 0) is 0 Å². The van der Waals surface area contributed by atoms with E-state index >= 15 is 0 Å². The predicted octanol–water partition coefficient (Wildman–Crippen LogP) is -0.0974. The lowest BCUT2D eigenvalue weighted by Crippen LogP contribution is -2.02. The fourth-order valence-electron chi connectivity index (χ4n) is 0.0519. The molecule has 0 radical (unpaired) electrons. The van der Waals surface area contributed by atoms with Crippen LogP contribution < -0.4 is 4.49 Å². The highest BCUT2D eigenvalue weighted by molar-refractivity contribution is 8.37. The van der Waals surface area contributed by atoms with Crippen LogP contribution in [0.15, 0.2) is 0 Å². The Balaban J connectivity index is 3.84. The maximum absolute atomic E-state index is 9.88. The Kier molecular flexibility index (Phi) is 2.84. The van der Waals surface area contributed by atoms with Gasteiger partial charge in [-0.2, -0.15) is 0 Å². The minimum Gasteiger partial charge on any atom is -0.255 e. The van der Waals surface area contributed by atoms with Crippen molar-refractivity contribution in [3.8, 4) is 0 Å². The van der Waals surface area contributed by atoms with E-state index in [0.29, 0.717) is 0 Å². The van der Waals surface area contributed by atoms with Gasteiger partial charge in [-0.25, -0.2) is 8.42 Å². The lowest BCUT2D eigenvalue weighted by molar-refractivity contribution is 0.590. The van der Waals surface area contributed by atoms with Crippen molar-refractivity contribution < 1.29 is 13.0 Å². The molecule has 42 valence electrons. The Bertz CT molecular complexity index is 146. The van der Waals surface area contributed by atoms with Gasteiger partial charge in [-0.3, -0.25) is 4.57 Å². The van der Waals surface area contributed by atoms with Crippen molar-refractivity contribution in [2.75, 3.05) is 0 Å². The summed E-state index contributed by atoms with van der Waals surface area (Å²) in [5.41, 5.74) is 0. The van der Waals surface area contributed by atoms with Crippen LogP contribution in [0.4, 0.5) is 0 Å². The smallest absolute Gasteiger partial charge is 0.255 e. The third-order valence-corrected chi connectivity index (χ3v) is 2.43. The van der Waals surface area contributed by atoms with Crippen LogP contribution in [0.1, 0.15) is 0 Å². The second-order valence-electron chi connectivity index (χ2n) is 0.728. The first kappa shape index (κ1) is 7.44. The molecule has 0 aromatic rings. The van der Waals surface area contributed by atoms with E-state index in [2.05, 4.69) is 0 Å². The molecule has 0 aliphatic heterocycles. The van der Waals surface area contributed by atoms with Crippen molar-refractivity contribution in [1.29, 1.82) is 0 Å². The summed E-state index contributed by atoms with van der Waals surface area (Å²) in [5.74, 6) is 0. The quantitative estimate of drug-likeness (QED) is 0.572. The summed E-state index contributed by atoms with van der Waals surface area (Å²) in [4.78, 5) is 0. The molecule has 0 amide bonds. The van der Waals surface area contributed by atoms with E-state index in [4.69, 9.17) is 0 Å². The van der Waals surface area contributed by atoms with Gasteiger partial charge in [0.1, 0.15) is 0 Å². The van der Waals surface area contributed by atoms with Gasteiger partial charge in [0.2, 0.25) is 9.64 Å². The van der Waals surface area contributed by atoms with E-state index in [9.17, 15) is 13.0 Å². The number of nitrogens with one attached hydrogen (secondary N) is 1. The largest absolute Gasteiger partial charge is 0.261 e. The molecule has 0 aromatic heterocycles. The summed E-state index contributed by atoms with van der Waals surface area (Å²) in [7, 11) is -2.44. The van der Waals surface area contributed by atoms with Crippen molar-refractivity contribution in [2.45, 2.75) is 0 Å². The minimum atomic E-state index is -3.33. The highest BCUT2D eigenvalue weighted by Crippen LogP contribution is 1.98. The number of hydrogen-bond acceptors (Lipinski definition) is 3. The first-order chi connectivity index (χ1) is 3.06. The van der Waals surface area contributed by atoms with Gasteiger partial charge in [0.15, 0.2) is 0 Å². The van der Waals surface area contributed by atoms with Crippen LogP contribution in [0.3, 0.4) is 0 Å². The molecule has 0 heterocycles. The Morgan fingerprint density at radius 1 is 1.57 bits per heavy atom. The normalized spacial score (nSPS) is 12.1. The van der Waals surface area contributed by atoms with Crippen LogP contribution in [0.25, 0.3) is 0 Å². The molecular formula is H3NO3P2S. The molecule has 1 unspecified atom stereocenters. The molecular weight excluding hydrogens is 156 g/mol. The van der Waals surface area contributed by atoms with E-state index in [1.54, 1.807) is 4.49 Å². The van der Waals surface area contributed by atoms with Crippen LogP contribution in [0.5, 0.6) is 0 Å². The van der Waals surface area contributed by atoms with Gasteiger partial charge >= 0.3 is 0 Å². The highest BCUT2D eigenvalue weighted by Gasteiger charge is 1.94. The molecule has 0 rings (SSSR count). The molecule has 7 heteroatoms. The average molecular weight is 159 g/mol. The molecule has 7 heavy (non-hydrogen) atoms. The Hall–Kier alpha value is 0.440. The average Bonchev–Trinajstić information content (AvgIpc) is 1.30. The molecule has 0 fully saturated rings. The minimum absolute atomic E-state index is 0.600. The van der Waals surface area contributed by atoms with E-state index in [-0.39, 0.29) is 0 Å². The summed E-state index contributed by atoms with van der Waals surface area (Å²) < 4.78 is 30.8. The first-order valence-corrected chi connectivity index (χ1v) is 4.95. The standard InChI is InChI=1S/H3NO3P2S/c2-6-1-7(3,4)5/h5H2,(H,1,2). The summed E-state index contributed by atoms with van der Waals surface area (Å²) in [6, 6.07) is 0. The summed E-state index contributed by atoms with van der Waals surface area (Å²) in [6.45, 7) is 0. The van der Waals surface area contributed by atoms with Crippen LogP contribution in [0.2, 0.25) is 0 Å². The lowest BCUT2D eigenvalue weighted by atomic mass is 13.9. The summed E-state index contributed by atoms with van der Waals surface area (Å²) in [6.07, 6.45) is 0. The molecule has 4 nitrogen and oxygen atoms in total. The molecule has 0 bridgehead atoms. The molecule has 0 saturated heterocycles. The first-order valence-electron chi connectivity index (χ1n) is 1.18. The highest BCUT2D eigenvalue weighted by atomic mass is 32.7. The lowest BCUT2D eigenvalue weighted by Gasteiger charge is -1.82. The van der Waals surface area contributed by atoms with Gasteiger partial charge in [0.25, 0.3) is 8.61 Å². The van der Waals surface area contributed by atoms with Crippen LogP contribution in [-0.4, -0.2) is 8.42 Å². The molecule has 0 aliphatic rings. The number of hydrogen-bond donors (Lipinski definition) is 1. The summed E-state index contributed by atoms with van der Waals surface area (Å²) in [5, 5.41) is 0. The molecule has 0 spiro atoms. The fraction of sp³-hybridized carbons (Fsp3) is 0. The van der Waals surface area contributed by atoms with E-state index in [0.717, 1.165) is 0 Å². The van der Waals surface area contributed by atoms with Crippen molar-refractivity contribution >= 4 is 26.7 Å². The maximum atomic E-state index is 9.88. The van der Waals surface area contributed by atoms with Crippen molar-refractivity contribution in [2.24, 2.45) is 0 Å². The molecule has 0 aliphatic carbocycles. The van der Waals surface area contributed by atoms with Gasteiger partial charge in [0, 0.05) is 8.44 Å². The second kappa shape index (κ2) is 2.68. The predicted molar refractivity (Wildman–Crippen MR) is 29.4 cm³/mol. The van der Waals surface area contributed by atoms with E-state index in [1.807, 2.05) is 0 Å². The zero-order valence-electron chi connectivity index (χ0n) is 3.16. The SMILES string of the molecule is O=PNS(=O)(=O)P.